The van der Waals surface area contributed by atoms with Crippen molar-refractivity contribution in [3.05, 3.63) is 78.0 Å². The van der Waals surface area contributed by atoms with Crippen LogP contribution in [0.4, 0.5) is 5.82 Å². The molecule has 1 atom stereocenters. The van der Waals surface area contributed by atoms with E-state index in [1.807, 2.05) is 30.5 Å². The van der Waals surface area contributed by atoms with Gasteiger partial charge in [0, 0.05) is 48.7 Å². The Bertz CT molecular complexity index is 1290. The van der Waals surface area contributed by atoms with Gasteiger partial charge in [-0.2, -0.15) is 0 Å². The topological polar surface area (TPSA) is 92.7 Å². The summed E-state index contributed by atoms with van der Waals surface area (Å²) in [6, 6.07) is 13.8. The number of carbonyl (C=O) groups excluding carboxylic acids is 1. The Morgan fingerprint density at radius 3 is 2.59 bits per heavy atom. The number of pyridine rings is 2. The molecule has 0 aliphatic rings. The van der Waals surface area contributed by atoms with Crippen molar-refractivity contribution >= 4 is 22.6 Å². The number of aromatic nitrogens is 4. The van der Waals surface area contributed by atoms with E-state index < -0.39 is 0 Å². The summed E-state index contributed by atoms with van der Waals surface area (Å²) in [5.41, 5.74) is 5.52. The lowest BCUT2D eigenvalue weighted by Crippen LogP contribution is -2.18. The zero-order chi connectivity index (χ0) is 24.1. The number of benzene rings is 1. The summed E-state index contributed by atoms with van der Waals surface area (Å²) < 4.78 is 0. The van der Waals surface area contributed by atoms with Crippen molar-refractivity contribution < 1.29 is 4.79 Å². The molecule has 174 valence electrons. The smallest absolute Gasteiger partial charge is 0.251 e. The molecule has 0 fully saturated rings. The van der Waals surface area contributed by atoms with Crippen molar-refractivity contribution in [2.24, 2.45) is 0 Å². The van der Waals surface area contributed by atoms with E-state index in [0.717, 1.165) is 52.2 Å². The first-order valence-corrected chi connectivity index (χ1v) is 11.6. The average Bonchev–Trinajstić information content (AvgIpc) is 2.87. The fourth-order valence-electron chi connectivity index (χ4n) is 4.01. The number of hydrogen-bond donors (Lipinski definition) is 2. The standard InChI is InChI=1S/C27H30N6O/c1-17(2)23-9-8-19(15-31-23)24-14-25(33-16-32-24)29-12-10-18(3)20-6-5-7-21-22(27(34)28-4)11-13-30-26(20)21/h5-9,11,13-18H,10,12H2,1-4H3,(H,28,34)(H,29,32,33). The van der Waals surface area contributed by atoms with Crippen LogP contribution in [0.3, 0.4) is 0 Å². The molecule has 0 aliphatic heterocycles. The second-order valence-corrected chi connectivity index (χ2v) is 8.71. The molecule has 1 aromatic carbocycles. The number of anilines is 1. The van der Waals surface area contributed by atoms with Crippen LogP contribution in [0.1, 0.15) is 60.6 Å². The fourth-order valence-corrected chi connectivity index (χ4v) is 4.01. The third kappa shape index (κ3) is 5.03. The van der Waals surface area contributed by atoms with Crippen molar-refractivity contribution in [1.29, 1.82) is 0 Å². The Labute approximate surface area is 200 Å². The lowest BCUT2D eigenvalue weighted by Gasteiger charge is -2.16. The number of hydrogen-bond acceptors (Lipinski definition) is 6. The molecule has 3 aromatic heterocycles. The Morgan fingerprint density at radius 1 is 1.00 bits per heavy atom. The van der Waals surface area contributed by atoms with Crippen LogP contribution in [0.15, 0.2) is 61.2 Å². The van der Waals surface area contributed by atoms with Gasteiger partial charge in [-0.05, 0) is 42.0 Å². The van der Waals surface area contributed by atoms with Crippen LogP contribution in [-0.2, 0) is 0 Å². The van der Waals surface area contributed by atoms with Crippen LogP contribution < -0.4 is 10.6 Å². The van der Waals surface area contributed by atoms with E-state index in [0.29, 0.717) is 11.5 Å². The second-order valence-electron chi connectivity index (χ2n) is 8.71. The second kappa shape index (κ2) is 10.4. The molecule has 0 saturated carbocycles. The van der Waals surface area contributed by atoms with E-state index in [1.54, 1.807) is 25.6 Å². The van der Waals surface area contributed by atoms with E-state index in [1.165, 1.54) is 0 Å². The molecule has 1 unspecified atom stereocenters. The van der Waals surface area contributed by atoms with Gasteiger partial charge in [0.15, 0.2) is 0 Å². The summed E-state index contributed by atoms with van der Waals surface area (Å²) >= 11 is 0. The quantitative estimate of drug-likeness (QED) is 0.381. The molecular weight excluding hydrogens is 424 g/mol. The van der Waals surface area contributed by atoms with Gasteiger partial charge in [-0.3, -0.25) is 14.8 Å². The normalized spacial score (nSPS) is 12.0. The average molecular weight is 455 g/mol. The first kappa shape index (κ1) is 23.3. The van der Waals surface area contributed by atoms with Gasteiger partial charge in [0.1, 0.15) is 12.1 Å². The maximum atomic E-state index is 12.2. The van der Waals surface area contributed by atoms with Crippen molar-refractivity contribution in [3.8, 4) is 11.3 Å². The molecule has 3 heterocycles. The highest BCUT2D eigenvalue weighted by molar-refractivity contribution is 6.06. The Balaban J connectivity index is 1.45. The minimum atomic E-state index is -0.104. The molecule has 4 aromatic rings. The Hall–Kier alpha value is -3.87. The van der Waals surface area contributed by atoms with Gasteiger partial charge in [0.2, 0.25) is 0 Å². The minimum Gasteiger partial charge on any atom is -0.370 e. The van der Waals surface area contributed by atoms with Crippen molar-refractivity contribution in [3.63, 3.8) is 0 Å². The van der Waals surface area contributed by atoms with Crippen LogP contribution in [0, 0.1) is 0 Å². The zero-order valence-corrected chi connectivity index (χ0v) is 20.0. The monoisotopic (exact) mass is 454 g/mol. The molecular formula is C27H30N6O. The highest BCUT2D eigenvalue weighted by Gasteiger charge is 2.15. The lowest BCUT2D eigenvalue weighted by molar-refractivity contribution is 0.0964. The van der Waals surface area contributed by atoms with E-state index in [2.05, 4.69) is 63.5 Å². The number of carbonyl (C=O) groups is 1. The fraction of sp³-hybridized carbons (Fsp3) is 0.296. The van der Waals surface area contributed by atoms with Crippen LogP contribution in [-0.4, -0.2) is 39.4 Å². The molecule has 7 heteroatoms. The van der Waals surface area contributed by atoms with Gasteiger partial charge < -0.3 is 10.6 Å². The van der Waals surface area contributed by atoms with Crippen molar-refractivity contribution in [2.75, 3.05) is 18.9 Å². The molecule has 34 heavy (non-hydrogen) atoms. The lowest BCUT2D eigenvalue weighted by atomic mass is 9.94. The molecule has 1 amide bonds. The third-order valence-electron chi connectivity index (χ3n) is 6.03. The van der Waals surface area contributed by atoms with Gasteiger partial charge >= 0.3 is 0 Å². The van der Waals surface area contributed by atoms with Gasteiger partial charge in [-0.25, -0.2) is 9.97 Å². The predicted molar refractivity (Wildman–Crippen MR) is 136 cm³/mol. The number of para-hydroxylation sites is 1. The summed E-state index contributed by atoms with van der Waals surface area (Å²) in [4.78, 5) is 30.1. The summed E-state index contributed by atoms with van der Waals surface area (Å²) in [6.07, 6.45) is 6.03. The van der Waals surface area contributed by atoms with Gasteiger partial charge in [0.05, 0.1) is 16.8 Å². The summed E-state index contributed by atoms with van der Waals surface area (Å²) in [5.74, 6) is 1.32. The summed E-state index contributed by atoms with van der Waals surface area (Å²) in [5, 5.41) is 6.99. The number of rotatable bonds is 8. The third-order valence-corrected chi connectivity index (χ3v) is 6.03. The predicted octanol–water partition coefficient (Wildman–Crippen LogP) is 5.18. The molecule has 4 rings (SSSR count). The Morgan fingerprint density at radius 2 is 1.85 bits per heavy atom. The van der Waals surface area contributed by atoms with Crippen LogP contribution >= 0.6 is 0 Å². The summed E-state index contributed by atoms with van der Waals surface area (Å²) in [6.45, 7) is 7.18. The largest absolute Gasteiger partial charge is 0.370 e. The SMILES string of the molecule is CNC(=O)c1ccnc2c(C(C)CCNc3cc(-c4ccc(C(C)C)nc4)ncn3)cccc12. The number of fused-ring (bicyclic) bond motifs is 1. The zero-order valence-electron chi connectivity index (χ0n) is 20.0. The Kier molecular flexibility index (Phi) is 7.11. The van der Waals surface area contributed by atoms with E-state index in [-0.39, 0.29) is 11.8 Å². The molecule has 0 bridgehead atoms. The highest BCUT2D eigenvalue weighted by Crippen LogP contribution is 2.28. The first-order valence-electron chi connectivity index (χ1n) is 11.6. The molecule has 2 N–H and O–H groups in total. The molecule has 0 radical (unpaired) electrons. The van der Waals surface area contributed by atoms with E-state index in [4.69, 9.17) is 0 Å². The molecule has 0 spiro atoms. The highest BCUT2D eigenvalue weighted by atomic mass is 16.1. The number of nitrogens with zero attached hydrogens (tertiary/aromatic N) is 4. The minimum absolute atomic E-state index is 0.104. The van der Waals surface area contributed by atoms with Crippen LogP contribution in [0.25, 0.3) is 22.2 Å². The number of nitrogens with one attached hydrogen (secondary N) is 2. The van der Waals surface area contributed by atoms with Crippen molar-refractivity contribution in [1.82, 2.24) is 25.3 Å². The molecule has 0 saturated heterocycles. The number of amides is 1. The van der Waals surface area contributed by atoms with Gasteiger partial charge in [0.25, 0.3) is 5.91 Å². The van der Waals surface area contributed by atoms with Crippen LogP contribution in [0.5, 0.6) is 0 Å². The van der Waals surface area contributed by atoms with Crippen molar-refractivity contribution in [2.45, 2.75) is 39.0 Å². The van der Waals surface area contributed by atoms with E-state index >= 15 is 0 Å². The van der Waals surface area contributed by atoms with E-state index in [9.17, 15) is 4.79 Å². The molecule has 7 nitrogen and oxygen atoms in total. The first-order chi connectivity index (χ1) is 16.5. The van der Waals surface area contributed by atoms with Gasteiger partial charge in [-0.1, -0.05) is 39.0 Å². The molecule has 0 aliphatic carbocycles. The maximum Gasteiger partial charge on any atom is 0.251 e. The van der Waals surface area contributed by atoms with Crippen LogP contribution in [0.2, 0.25) is 0 Å². The maximum absolute atomic E-state index is 12.2. The van der Waals surface area contributed by atoms with Gasteiger partial charge in [-0.15, -0.1) is 0 Å². The summed E-state index contributed by atoms with van der Waals surface area (Å²) in [7, 11) is 1.64.